The normalized spacial score (nSPS) is 22.2. The maximum absolute atomic E-state index is 13.1. The summed E-state index contributed by atoms with van der Waals surface area (Å²) in [6.07, 6.45) is 2.90. The first-order valence-electron chi connectivity index (χ1n) is 13.0. The Kier molecular flexibility index (Phi) is 8.96. The molecule has 6 nitrogen and oxygen atoms in total. The number of aryl methyl sites for hydroxylation is 1. The number of amides is 2. The van der Waals surface area contributed by atoms with E-state index in [9.17, 15) is 22.8 Å². The second-order valence-electron chi connectivity index (χ2n) is 11.5. The quantitative estimate of drug-likeness (QED) is 0.437. The number of nitrogens with one attached hydrogen (secondary N) is 3. The molecule has 202 valence electrons. The van der Waals surface area contributed by atoms with Crippen LogP contribution in [0.1, 0.15) is 93.6 Å². The lowest BCUT2D eigenvalue weighted by Crippen LogP contribution is -2.55. The van der Waals surface area contributed by atoms with Crippen LogP contribution in [-0.4, -0.2) is 42.3 Å². The third-order valence-corrected chi connectivity index (χ3v) is 7.12. The van der Waals surface area contributed by atoms with Crippen LogP contribution in [0.5, 0.6) is 0 Å². The van der Waals surface area contributed by atoms with Gasteiger partial charge in [0, 0.05) is 24.7 Å². The van der Waals surface area contributed by atoms with Gasteiger partial charge in [0.2, 0.25) is 0 Å². The molecule has 3 rings (SSSR count). The first-order chi connectivity index (χ1) is 16.7. The van der Waals surface area contributed by atoms with Gasteiger partial charge in [-0.1, -0.05) is 12.8 Å². The van der Waals surface area contributed by atoms with Crippen LogP contribution in [-0.2, 0) is 10.9 Å². The monoisotopic (exact) mass is 511 g/mol. The SMILES string of the molecule is Cc1cc(C(=O)NCC2CCC(NCC3(NC(=O)OC(C)(C)C)CCCC3)CC2)cc(C(F)(F)F)c1. The molecule has 2 fully saturated rings. The van der Waals surface area contributed by atoms with Crippen molar-refractivity contribution >= 4 is 12.0 Å². The summed E-state index contributed by atoms with van der Waals surface area (Å²) in [6, 6.07) is 3.77. The molecule has 2 saturated carbocycles. The van der Waals surface area contributed by atoms with Gasteiger partial charge in [0.25, 0.3) is 5.91 Å². The molecular weight excluding hydrogens is 471 g/mol. The Balaban J connectivity index is 1.44. The number of alkyl carbamates (subject to hydrolysis) is 1. The molecule has 3 N–H and O–H groups in total. The first-order valence-corrected chi connectivity index (χ1v) is 13.0. The Hall–Kier alpha value is -2.29. The minimum absolute atomic E-state index is 0.0389. The van der Waals surface area contributed by atoms with Gasteiger partial charge in [0.1, 0.15) is 5.60 Å². The minimum Gasteiger partial charge on any atom is -0.444 e. The van der Waals surface area contributed by atoms with Crippen molar-refractivity contribution in [3.63, 3.8) is 0 Å². The van der Waals surface area contributed by atoms with E-state index in [-0.39, 0.29) is 17.2 Å². The molecule has 0 unspecified atom stereocenters. The molecule has 0 radical (unpaired) electrons. The van der Waals surface area contributed by atoms with Gasteiger partial charge >= 0.3 is 12.3 Å². The Morgan fingerprint density at radius 2 is 1.67 bits per heavy atom. The smallest absolute Gasteiger partial charge is 0.416 e. The molecule has 2 aliphatic carbocycles. The van der Waals surface area contributed by atoms with Gasteiger partial charge in [-0.2, -0.15) is 13.2 Å². The van der Waals surface area contributed by atoms with Gasteiger partial charge in [-0.3, -0.25) is 4.79 Å². The molecule has 2 aliphatic rings. The van der Waals surface area contributed by atoms with Gasteiger partial charge in [-0.25, -0.2) is 4.79 Å². The summed E-state index contributed by atoms with van der Waals surface area (Å²) >= 11 is 0. The summed E-state index contributed by atoms with van der Waals surface area (Å²) in [5.74, 6) is -0.180. The molecule has 0 heterocycles. The highest BCUT2D eigenvalue weighted by molar-refractivity contribution is 5.94. The van der Waals surface area contributed by atoms with E-state index in [1.165, 1.54) is 6.07 Å². The van der Waals surface area contributed by atoms with E-state index in [4.69, 9.17) is 4.74 Å². The van der Waals surface area contributed by atoms with Gasteiger partial charge in [-0.05, 0) is 95.9 Å². The molecule has 0 spiro atoms. The number of rotatable bonds is 7. The number of halogens is 3. The van der Waals surface area contributed by atoms with Gasteiger partial charge in [-0.15, -0.1) is 0 Å². The van der Waals surface area contributed by atoms with Crippen LogP contribution in [0.3, 0.4) is 0 Å². The molecule has 0 saturated heterocycles. The van der Waals surface area contributed by atoms with Crippen LogP contribution in [0.25, 0.3) is 0 Å². The highest BCUT2D eigenvalue weighted by Crippen LogP contribution is 2.32. The van der Waals surface area contributed by atoms with Crippen molar-refractivity contribution in [2.45, 2.75) is 102 Å². The van der Waals surface area contributed by atoms with E-state index >= 15 is 0 Å². The standard InChI is InChI=1S/C27H40F3N3O3/c1-18-13-20(15-21(14-18)27(28,29)30)23(34)31-16-19-7-9-22(10-8-19)32-17-26(11-5-6-12-26)33-24(35)36-25(2,3)4/h13-15,19,22,32H,5-12,16-17H2,1-4H3,(H,31,34)(H,33,35). The van der Waals surface area contributed by atoms with Crippen LogP contribution in [0.15, 0.2) is 18.2 Å². The van der Waals surface area contributed by atoms with Crippen LogP contribution < -0.4 is 16.0 Å². The van der Waals surface area contributed by atoms with Crippen molar-refractivity contribution in [2.75, 3.05) is 13.1 Å². The second-order valence-corrected chi connectivity index (χ2v) is 11.5. The lowest BCUT2D eigenvalue weighted by Gasteiger charge is -2.35. The minimum atomic E-state index is -4.48. The number of benzene rings is 1. The third-order valence-electron chi connectivity index (χ3n) is 7.12. The van der Waals surface area contributed by atoms with E-state index < -0.39 is 23.2 Å². The van der Waals surface area contributed by atoms with E-state index in [1.54, 1.807) is 6.92 Å². The number of carbonyl (C=O) groups excluding carboxylic acids is 2. The number of carbonyl (C=O) groups is 2. The Bertz CT molecular complexity index is 913. The lowest BCUT2D eigenvalue weighted by molar-refractivity contribution is -0.137. The van der Waals surface area contributed by atoms with Crippen LogP contribution in [0.2, 0.25) is 0 Å². The zero-order chi connectivity index (χ0) is 26.6. The van der Waals surface area contributed by atoms with Gasteiger partial charge in [0.05, 0.1) is 11.1 Å². The van der Waals surface area contributed by atoms with Crippen molar-refractivity contribution in [1.82, 2.24) is 16.0 Å². The Labute approximate surface area is 212 Å². The van der Waals surface area contributed by atoms with Gasteiger partial charge in [0.15, 0.2) is 0 Å². The summed E-state index contributed by atoms with van der Waals surface area (Å²) in [6.45, 7) is 8.27. The summed E-state index contributed by atoms with van der Waals surface area (Å²) in [4.78, 5) is 24.9. The molecule has 9 heteroatoms. The van der Waals surface area contributed by atoms with Gasteiger partial charge < -0.3 is 20.7 Å². The number of alkyl halides is 3. The third kappa shape index (κ3) is 8.39. The highest BCUT2D eigenvalue weighted by Gasteiger charge is 2.37. The van der Waals surface area contributed by atoms with Crippen LogP contribution in [0, 0.1) is 12.8 Å². The second kappa shape index (κ2) is 11.4. The molecule has 0 aromatic heterocycles. The van der Waals surface area contributed by atoms with Crippen LogP contribution >= 0.6 is 0 Å². The summed E-state index contributed by atoms with van der Waals surface area (Å²) < 4.78 is 44.7. The van der Waals surface area contributed by atoms with Crippen molar-refractivity contribution in [1.29, 1.82) is 0 Å². The van der Waals surface area contributed by atoms with E-state index in [0.717, 1.165) is 63.5 Å². The molecule has 0 atom stereocenters. The predicted molar refractivity (Wildman–Crippen MR) is 133 cm³/mol. The molecular formula is C27H40F3N3O3. The topological polar surface area (TPSA) is 79.5 Å². The average Bonchev–Trinajstić information content (AvgIpc) is 3.22. The maximum atomic E-state index is 13.1. The van der Waals surface area contributed by atoms with Crippen molar-refractivity contribution < 1.29 is 27.5 Å². The average molecular weight is 512 g/mol. The first kappa shape index (κ1) is 28.3. The Morgan fingerprint density at radius 1 is 1.03 bits per heavy atom. The lowest BCUT2D eigenvalue weighted by atomic mass is 9.85. The summed E-state index contributed by atoms with van der Waals surface area (Å²) in [7, 11) is 0. The summed E-state index contributed by atoms with van der Waals surface area (Å²) in [5, 5.41) is 9.59. The zero-order valence-electron chi connectivity index (χ0n) is 21.8. The van der Waals surface area contributed by atoms with Crippen molar-refractivity contribution in [2.24, 2.45) is 5.92 Å². The molecule has 0 aliphatic heterocycles. The fraction of sp³-hybridized carbons (Fsp3) is 0.704. The number of hydrogen-bond acceptors (Lipinski definition) is 4. The van der Waals surface area contributed by atoms with E-state index in [2.05, 4.69) is 16.0 Å². The molecule has 0 bridgehead atoms. The molecule has 1 aromatic carbocycles. The Morgan fingerprint density at radius 3 is 2.25 bits per heavy atom. The largest absolute Gasteiger partial charge is 0.444 e. The fourth-order valence-corrected chi connectivity index (χ4v) is 5.25. The molecule has 36 heavy (non-hydrogen) atoms. The maximum Gasteiger partial charge on any atom is 0.416 e. The number of ether oxygens (including phenoxy) is 1. The molecule has 2 amide bonds. The summed E-state index contributed by atoms with van der Waals surface area (Å²) in [5.41, 5.74) is -1.18. The van der Waals surface area contributed by atoms with Crippen molar-refractivity contribution in [3.8, 4) is 0 Å². The zero-order valence-corrected chi connectivity index (χ0v) is 21.8. The van der Waals surface area contributed by atoms with E-state index in [1.807, 2.05) is 20.8 Å². The number of hydrogen-bond donors (Lipinski definition) is 3. The van der Waals surface area contributed by atoms with E-state index in [0.29, 0.717) is 30.6 Å². The highest BCUT2D eigenvalue weighted by atomic mass is 19.4. The molecule has 1 aromatic rings. The van der Waals surface area contributed by atoms with Crippen LogP contribution in [0.4, 0.5) is 18.0 Å². The fourth-order valence-electron chi connectivity index (χ4n) is 5.25. The predicted octanol–water partition coefficient (Wildman–Crippen LogP) is 5.73. The van der Waals surface area contributed by atoms with Crippen molar-refractivity contribution in [3.05, 3.63) is 34.9 Å².